The topological polar surface area (TPSA) is 186 Å². The Morgan fingerprint density at radius 1 is 0.845 bits per heavy atom. The van der Waals surface area contributed by atoms with E-state index in [0.717, 1.165) is 68.4 Å². The molecule has 16 heteroatoms. The van der Waals surface area contributed by atoms with Gasteiger partial charge in [0, 0.05) is 69.0 Å². The molecule has 1 aromatic heterocycles. The molecule has 2 bridgehead atoms. The second-order valence-electron chi connectivity index (χ2n) is 16.4. The van der Waals surface area contributed by atoms with Gasteiger partial charge in [-0.15, -0.1) is 10.2 Å². The molecule has 9 rings (SSSR count). The average molecular weight is 806 g/mol. The molecule has 4 saturated heterocycles. The Balaban J connectivity index is 0.793. The van der Waals surface area contributed by atoms with Crippen molar-refractivity contribution < 1.29 is 28.7 Å². The van der Waals surface area contributed by atoms with Crippen LogP contribution in [0.3, 0.4) is 0 Å². The van der Waals surface area contributed by atoms with Gasteiger partial charge in [0.15, 0.2) is 11.5 Å². The van der Waals surface area contributed by atoms with Gasteiger partial charge in [-0.25, -0.2) is 0 Å². The molecule has 0 spiro atoms. The number of nitrogens with zero attached hydrogens (tertiary/aromatic N) is 8. The van der Waals surface area contributed by atoms with Crippen molar-refractivity contribution in [3.05, 3.63) is 75.9 Å². The highest BCUT2D eigenvalue weighted by atomic mass is 35.5. The molecule has 5 fully saturated rings. The summed E-state index contributed by atoms with van der Waals surface area (Å²) in [6.07, 6.45) is 5.41. The number of anilines is 2. The molecular formula is C42H44ClN9O6. The van der Waals surface area contributed by atoms with E-state index in [1.807, 2.05) is 18.2 Å². The van der Waals surface area contributed by atoms with E-state index < -0.39 is 29.7 Å². The van der Waals surface area contributed by atoms with Gasteiger partial charge in [-0.1, -0.05) is 11.6 Å². The van der Waals surface area contributed by atoms with Gasteiger partial charge in [0.25, 0.3) is 23.6 Å². The monoisotopic (exact) mass is 805 g/mol. The van der Waals surface area contributed by atoms with E-state index in [0.29, 0.717) is 65.6 Å². The largest absolute Gasteiger partial charge is 0.490 e. The van der Waals surface area contributed by atoms with Crippen molar-refractivity contribution in [1.29, 1.82) is 5.26 Å². The molecule has 6 aliphatic rings. The van der Waals surface area contributed by atoms with Gasteiger partial charge >= 0.3 is 0 Å². The highest BCUT2D eigenvalue weighted by molar-refractivity contribution is 6.31. The number of aromatic nitrogens is 2. The van der Waals surface area contributed by atoms with Gasteiger partial charge in [0.1, 0.15) is 17.9 Å². The number of ether oxygens (including phenoxy) is 1. The van der Waals surface area contributed by atoms with Crippen LogP contribution in [0.4, 0.5) is 11.5 Å². The first-order valence-corrected chi connectivity index (χ1v) is 20.6. The standard InChI is InChI=1S/C42H44ClN9O6/c43-34-19-31(5-1-25(34)20-44)58-30-6-2-26(3-7-30)51-38(53)12-10-36(42(51)57)52-40(55)32-8-4-27(18-33(32)41(52)56)50-23-28-17-29(50)22-49(28)21-24-13-15-48(16-14-24)37-11-9-35(39(45)54)46-47-37/h1,4-5,8-9,11,18-19,24,26,28-30,36H,2-3,6-7,10,12-17,21-23H2,(H2,45,54)/t26?,28-,29-,30?,36-/m1/s1. The van der Waals surface area contributed by atoms with Crippen molar-refractivity contribution in [2.45, 2.75) is 88.1 Å². The van der Waals surface area contributed by atoms with Crippen LogP contribution in [-0.2, 0) is 9.59 Å². The summed E-state index contributed by atoms with van der Waals surface area (Å²) in [5.41, 5.74) is 7.33. The quantitative estimate of drug-likeness (QED) is 0.309. The molecule has 6 heterocycles. The Labute approximate surface area is 340 Å². The maximum absolute atomic E-state index is 14.0. The molecule has 3 aromatic rings. The number of nitrogens with two attached hydrogens (primary N) is 1. The van der Waals surface area contributed by atoms with E-state index in [1.165, 1.54) is 4.90 Å². The summed E-state index contributed by atoms with van der Waals surface area (Å²) in [5.74, 6) is -0.470. The average Bonchev–Trinajstić information content (AvgIpc) is 3.90. The number of piperidine rings is 2. The van der Waals surface area contributed by atoms with Gasteiger partial charge in [-0.3, -0.25) is 38.7 Å². The first-order valence-electron chi connectivity index (χ1n) is 20.2. The number of carbonyl (C=O) groups is 5. The van der Waals surface area contributed by atoms with E-state index >= 15 is 0 Å². The molecule has 3 atom stereocenters. The third-order valence-electron chi connectivity index (χ3n) is 13.0. The summed E-state index contributed by atoms with van der Waals surface area (Å²) < 4.78 is 6.11. The maximum Gasteiger partial charge on any atom is 0.269 e. The van der Waals surface area contributed by atoms with Crippen LogP contribution in [-0.4, -0.2) is 117 Å². The molecule has 58 heavy (non-hydrogen) atoms. The minimum absolute atomic E-state index is 0.0720. The number of likely N-dealkylation sites (tertiary alicyclic amines) is 2. The van der Waals surface area contributed by atoms with Crippen molar-refractivity contribution in [3.63, 3.8) is 0 Å². The number of carbonyl (C=O) groups excluding carboxylic acids is 5. The van der Waals surface area contributed by atoms with Crippen LogP contribution >= 0.6 is 11.6 Å². The second-order valence-corrected chi connectivity index (χ2v) is 16.8. The lowest BCUT2D eigenvalue weighted by Gasteiger charge is -2.41. The lowest BCUT2D eigenvalue weighted by atomic mass is 9.89. The summed E-state index contributed by atoms with van der Waals surface area (Å²) in [6.45, 7) is 4.54. The fraction of sp³-hybridized carbons (Fsp3) is 0.476. The SMILES string of the molecule is N#Cc1ccc(OC2CCC(N3C(=O)CC[C@@H](N4C(=O)c5ccc(N6C[C@H]7C[C@@H]6CN7CC6CCN(c7ccc(C(N)=O)nn7)CC6)cc5C4=O)C3=O)CC2)cc1Cl. The van der Waals surface area contributed by atoms with Crippen LogP contribution in [0, 0.1) is 17.2 Å². The predicted octanol–water partition coefficient (Wildman–Crippen LogP) is 3.78. The zero-order valence-corrected chi connectivity index (χ0v) is 32.7. The van der Waals surface area contributed by atoms with Crippen LogP contribution in [0.2, 0.25) is 5.02 Å². The van der Waals surface area contributed by atoms with E-state index in [4.69, 9.17) is 27.3 Å². The van der Waals surface area contributed by atoms with Crippen LogP contribution in [0.5, 0.6) is 5.75 Å². The van der Waals surface area contributed by atoms with Crippen LogP contribution in [0.1, 0.15) is 94.6 Å². The number of benzene rings is 2. The molecule has 2 aromatic carbocycles. The summed E-state index contributed by atoms with van der Waals surface area (Å²) in [6, 6.07) is 15.1. The Bertz CT molecular complexity index is 2210. The van der Waals surface area contributed by atoms with Crippen LogP contribution in [0.25, 0.3) is 0 Å². The fourth-order valence-electron chi connectivity index (χ4n) is 9.98. The number of fused-ring (bicyclic) bond motifs is 3. The number of nitriles is 1. The lowest BCUT2D eigenvalue weighted by Crippen LogP contribution is -2.59. The third-order valence-corrected chi connectivity index (χ3v) is 13.3. The molecule has 1 aliphatic carbocycles. The van der Waals surface area contributed by atoms with E-state index in [2.05, 4.69) is 24.9 Å². The van der Waals surface area contributed by atoms with E-state index in [1.54, 1.807) is 36.4 Å². The minimum atomic E-state index is -1.04. The Kier molecular flexibility index (Phi) is 10.0. The molecule has 5 amide bonds. The van der Waals surface area contributed by atoms with Gasteiger partial charge < -0.3 is 20.3 Å². The highest BCUT2D eigenvalue weighted by Crippen LogP contribution is 2.39. The van der Waals surface area contributed by atoms with Gasteiger partial charge in [0.2, 0.25) is 5.91 Å². The first-order chi connectivity index (χ1) is 28.1. The van der Waals surface area contributed by atoms with E-state index in [-0.39, 0.29) is 42.2 Å². The summed E-state index contributed by atoms with van der Waals surface area (Å²) >= 11 is 6.18. The number of rotatable bonds is 9. The Morgan fingerprint density at radius 2 is 1.62 bits per heavy atom. The van der Waals surface area contributed by atoms with Crippen molar-refractivity contribution in [2.24, 2.45) is 11.7 Å². The third kappa shape index (κ3) is 6.91. The molecule has 15 nitrogen and oxygen atoms in total. The summed E-state index contributed by atoms with van der Waals surface area (Å²) in [5, 5.41) is 17.6. The van der Waals surface area contributed by atoms with Crippen LogP contribution < -0.4 is 20.3 Å². The number of amides is 5. The van der Waals surface area contributed by atoms with Gasteiger partial charge in [-0.05, 0) is 99.7 Å². The molecular weight excluding hydrogens is 762 g/mol. The zero-order valence-electron chi connectivity index (χ0n) is 32.0. The van der Waals surface area contributed by atoms with Crippen molar-refractivity contribution in [1.82, 2.24) is 24.9 Å². The van der Waals surface area contributed by atoms with E-state index in [9.17, 15) is 24.0 Å². The van der Waals surface area contributed by atoms with Gasteiger partial charge in [0.05, 0.1) is 27.8 Å². The number of hydrogen-bond acceptors (Lipinski definition) is 12. The Morgan fingerprint density at radius 3 is 2.29 bits per heavy atom. The number of halogens is 1. The predicted molar refractivity (Wildman–Crippen MR) is 211 cm³/mol. The number of imide groups is 2. The molecule has 0 unspecified atom stereocenters. The number of hydrogen-bond donors (Lipinski definition) is 1. The van der Waals surface area contributed by atoms with Crippen molar-refractivity contribution in [3.8, 4) is 11.8 Å². The summed E-state index contributed by atoms with van der Waals surface area (Å²) in [7, 11) is 0. The molecule has 300 valence electrons. The first kappa shape index (κ1) is 38.0. The molecule has 2 N–H and O–H groups in total. The van der Waals surface area contributed by atoms with Gasteiger partial charge in [-0.2, -0.15) is 5.26 Å². The lowest BCUT2D eigenvalue weighted by molar-refractivity contribution is -0.155. The normalized spacial score (nSPS) is 26.4. The Hall–Kier alpha value is -5.59. The zero-order chi connectivity index (χ0) is 40.2. The number of piperazine rings is 1. The molecule has 5 aliphatic heterocycles. The van der Waals surface area contributed by atoms with Crippen LogP contribution in [0.15, 0.2) is 48.5 Å². The number of primary amides is 1. The fourth-order valence-corrected chi connectivity index (χ4v) is 10.2. The maximum atomic E-state index is 14.0. The molecule has 1 saturated carbocycles. The smallest absolute Gasteiger partial charge is 0.269 e. The minimum Gasteiger partial charge on any atom is -0.490 e. The molecule has 0 radical (unpaired) electrons. The second kappa shape index (κ2) is 15.3. The van der Waals surface area contributed by atoms with Crippen molar-refractivity contribution in [2.75, 3.05) is 42.5 Å². The van der Waals surface area contributed by atoms with Crippen molar-refractivity contribution >= 4 is 52.6 Å². The highest BCUT2D eigenvalue weighted by Gasteiger charge is 2.50. The summed E-state index contributed by atoms with van der Waals surface area (Å²) in [4.78, 5) is 75.9.